The van der Waals surface area contributed by atoms with Gasteiger partial charge < -0.3 is 10.1 Å². The van der Waals surface area contributed by atoms with Crippen LogP contribution >= 0.6 is 0 Å². The van der Waals surface area contributed by atoms with Crippen LogP contribution in [0.1, 0.15) is 46.0 Å². The molecule has 2 aliphatic carbocycles. The standard InChI is InChI=1S/C16H27NO/c1-13-8-9-16(12-14(13)2)18-11-10-17-15-6-4-3-5-7-15/h8-9,12-15,17H,3-7,10-11H2,1-2H3. The van der Waals surface area contributed by atoms with Crippen molar-refractivity contribution in [2.75, 3.05) is 13.2 Å². The molecule has 0 aliphatic heterocycles. The maximum absolute atomic E-state index is 5.80. The van der Waals surface area contributed by atoms with Crippen molar-refractivity contribution in [1.29, 1.82) is 0 Å². The molecule has 1 saturated carbocycles. The van der Waals surface area contributed by atoms with E-state index in [2.05, 4.69) is 37.4 Å². The Morgan fingerprint density at radius 3 is 2.67 bits per heavy atom. The van der Waals surface area contributed by atoms with Crippen LogP contribution in [0, 0.1) is 11.8 Å². The number of hydrogen-bond acceptors (Lipinski definition) is 2. The second kappa shape index (κ2) is 6.98. The summed E-state index contributed by atoms with van der Waals surface area (Å²) in [5.41, 5.74) is 0. The minimum atomic E-state index is 0.594. The monoisotopic (exact) mass is 249 g/mol. The summed E-state index contributed by atoms with van der Waals surface area (Å²) in [6, 6.07) is 0.733. The average Bonchev–Trinajstić information content (AvgIpc) is 2.40. The van der Waals surface area contributed by atoms with Gasteiger partial charge in [0.15, 0.2) is 0 Å². The molecule has 0 radical (unpaired) electrons. The van der Waals surface area contributed by atoms with Gasteiger partial charge in [-0.3, -0.25) is 0 Å². The van der Waals surface area contributed by atoms with Gasteiger partial charge in [0.2, 0.25) is 0 Å². The average molecular weight is 249 g/mol. The largest absolute Gasteiger partial charge is 0.493 e. The van der Waals surface area contributed by atoms with Crippen molar-refractivity contribution in [2.45, 2.75) is 52.0 Å². The van der Waals surface area contributed by atoms with Crippen molar-refractivity contribution in [3.8, 4) is 0 Å². The zero-order valence-corrected chi connectivity index (χ0v) is 11.8. The van der Waals surface area contributed by atoms with Crippen molar-refractivity contribution < 1.29 is 4.74 Å². The van der Waals surface area contributed by atoms with Crippen molar-refractivity contribution in [2.24, 2.45) is 11.8 Å². The van der Waals surface area contributed by atoms with Crippen LogP contribution in [0.15, 0.2) is 24.0 Å². The topological polar surface area (TPSA) is 21.3 Å². The van der Waals surface area contributed by atoms with E-state index in [0.29, 0.717) is 11.8 Å². The molecule has 2 atom stereocenters. The maximum Gasteiger partial charge on any atom is 0.115 e. The molecule has 0 aromatic rings. The highest BCUT2D eigenvalue weighted by molar-refractivity contribution is 5.19. The van der Waals surface area contributed by atoms with E-state index in [9.17, 15) is 0 Å². The molecular formula is C16H27NO. The van der Waals surface area contributed by atoms with Crippen LogP contribution < -0.4 is 5.32 Å². The molecule has 2 aliphatic rings. The van der Waals surface area contributed by atoms with Crippen molar-refractivity contribution in [3.05, 3.63) is 24.0 Å². The first kappa shape index (κ1) is 13.7. The number of nitrogens with one attached hydrogen (secondary N) is 1. The lowest BCUT2D eigenvalue weighted by Crippen LogP contribution is -2.33. The van der Waals surface area contributed by atoms with Crippen LogP contribution in [-0.2, 0) is 4.74 Å². The van der Waals surface area contributed by atoms with Gasteiger partial charge in [-0.1, -0.05) is 39.2 Å². The zero-order chi connectivity index (χ0) is 12.8. The predicted octanol–water partition coefficient (Wildman–Crippen LogP) is 3.65. The SMILES string of the molecule is CC1C=CC(OCCNC2CCCCC2)=CC1C. The van der Waals surface area contributed by atoms with E-state index in [1.54, 1.807) is 0 Å². The molecule has 2 rings (SSSR count). The van der Waals surface area contributed by atoms with Crippen molar-refractivity contribution in [1.82, 2.24) is 5.32 Å². The Labute approximate surface area is 111 Å². The molecule has 0 bridgehead atoms. The van der Waals surface area contributed by atoms with E-state index in [-0.39, 0.29) is 0 Å². The van der Waals surface area contributed by atoms with Gasteiger partial charge in [-0.15, -0.1) is 0 Å². The van der Waals surface area contributed by atoms with Gasteiger partial charge in [-0.05, 0) is 36.8 Å². The summed E-state index contributed by atoms with van der Waals surface area (Å²) >= 11 is 0. The van der Waals surface area contributed by atoms with Gasteiger partial charge in [-0.2, -0.15) is 0 Å². The fourth-order valence-corrected chi connectivity index (χ4v) is 2.72. The number of rotatable bonds is 5. The van der Waals surface area contributed by atoms with Crippen LogP contribution in [0.2, 0.25) is 0 Å². The molecule has 1 fully saturated rings. The Balaban J connectivity index is 1.61. The molecule has 2 nitrogen and oxygen atoms in total. The van der Waals surface area contributed by atoms with Gasteiger partial charge in [-0.25, -0.2) is 0 Å². The molecule has 2 unspecified atom stereocenters. The Hall–Kier alpha value is -0.760. The lowest BCUT2D eigenvalue weighted by atomic mass is 9.91. The number of hydrogen-bond donors (Lipinski definition) is 1. The normalized spacial score (nSPS) is 29.1. The van der Waals surface area contributed by atoms with E-state index in [0.717, 1.165) is 25.0 Å². The summed E-state index contributed by atoms with van der Waals surface area (Å²) in [4.78, 5) is 0. The fourth-order valence-electron chi connectivity index (χ4n) is 2.72. The highest BCUT2D eigenvalue weighted by atomic mass is 16.5. The lowest BCUT2D eigenvalue weighted by Gasteiger charge is -2.23. The molecule has 0 aromatic heterocycles. The summed E-state index contributed by atoms with van der Waals surface area (Å²) in [7, 11) is 0. The summed E-state index contributed by atoms with van der Waals surface area (Å²) < 4.78 is 5.80. The zero-order valence-electron chi connectivity index (χ0n) is 11.8. The smallest absolute Gasteiger partial charge is 0.115 e. The molecule has 0 spiro atoms. The van der Waals surface area contributed by atoms with Crippen LogP contribution in [0.3, 0.4) is 0 Å². The Bertz CT molecular complexity index is 302. The summed E-state index contributed by atoms with van der Waals surface area (Å²) in [6.07, 6.45) is 13.5. The van der Waals surface area contributed by atoms with Gasteiger partial charge in [0.25, 0.3) is 0 Å². The second-order valence-corrected chi connectivity index (χ2v) is 5.78. The van der Waals surface area contributed by atoms with Gasteiger partial charge >= 0.3 is 0 Å². The number of allylic oxidation sites excluding steroid dienone is 3. The Morgan fingerprint density at radius 2 is 1.94 bits per heavy atom. The molecule has 0 amide bonds. The molecular weight excluding hydrogens is 222 g/mol. The molecule has 0 heterocycles. The van der Waals surface area contributed by atoms with Crippen LogP contribution in [0.4, 0.5) is 0 Å². The fraction of sp³-hybridized carbons (Fsp3) is 0.750. The van der Waals surface area contributed by atoms with Crippen LogP contribution in [-0.4, -0.2) is 19.2 Å². The van der Waals surface area contributed by atoms with E-state index in [1.165, 1.54) is 32.1 Å². The molecule has 102 valence electrons. The molecule has 0 aromatic carbocycles. The van der Waals surface area contributed by atoms with Gasteiger partial charge in [0, 0.05) is 12.6 Å². The van der Waals surface area contributed by atoms with Crippen molar-refractivity contribution >= 4 is 0 Å². The molecule has 0 saturated heterocycles. The Morgan fingerprint density at radius 1 is 1.17 bits per heavy atom. The highest BCUT2D eigenvalue weighted by Gasteiger charge is 2.14. The van der Waals surface area contributed by atoms with E-state index >= 15 is 0 Å². The summed E-state index contributed by atoms with van der Waals surface area (Å²) in [5.74, 6) is 2.28. The Kier molecular flexibility index (Phi) is 5.30. The number of ether oxygens (including phenoxy) is 1. The third kappa shape index (κ3) is 4.16. The van der Waals surface area contributed by atoms with Crippen molar-refractivity contribution in [3.63, 3.8) is 0 Å². The first-order valence-electron chi connectivity index (χ1n) is 7.52. The van der Waals surface area contributed by atoms with E-state index in [4.69, 9.17) is 4.74 Å². The second-order valence-electron chi connectivity index (χ2n) is 5.78. The maximum atomic E-state index is 5.80. The quantitative estimate of drug-likeness (QED) is 0.751. The third-order valence-corrected chi connectivity index (χ3v) is 4.23. The minimum Gasteiger partial charge on any atom is -0.493 e. The first-order valence-corrected chi connectivity index (χ1v) is 7.52. The van der Waals surface area contributed by atoms with E-state index < -0.39 is 0 Å². The minimum absolute atomic E-state index is 0.594. The van der Waals surface area contributed by atoms with Gasteiger partial charge in [0.1, 0.15) is 12.4 Å². The molecule has 2 heteroatoms. The van der Waals surface area contributed by atoms with Gasteiger partial charge in [0.05, 0.1) is 0 Å². The highest BCUT2D eigenvalue weighted by Crippen LogP contribution is 2.22. The van der Waals surface area contributed by atoms with Crippen LogP contribution in [0.25, 0.3) is 0 Å². The third-order valence-electron chi connectivity index (χ3n) is 4.23. The summed E-state index contributed by atoms with van der Waals surface area (Å²) in [6.45, 7) is 6.25. The summed E-state index contributed by atoms with van der Waals surface area (Å²) in [5, 5.41) is 3.60. The molecule has 18 heavy (non-hydrogen) atoms. The van der Waals surface area contributed by atoms with E-state index in [1.807, 2.05) is 0 Å². The first-order chi connectivity index (χ1) is 8.75. The molecule has 1 N–H and O–H groups in total. The lowest BCUT2D eigenvalue weighted by molar-refractivity contribution is 0.210. The predicted molar refractivity (Wildman–Crippen MR) is 76.4 cm³/mol. The van der Waals surface area contributed by atoms with Crippen LogP contribution in [0.5, 0.6) is 0 Å².